The highest BCUT2D eigenvalue weighted by Crippen LogP contribution is 2.41. The van der Waals surface area contributed by atoms with E-state index in [0.29, 0.717) is 0 Å². The van der Waals surface area contributed by atoms with Crippen molar-refractivity contribution in [3.63, 3.8) is 0 Å². The Morgan fingerprint density at radius 3 is 2.50 bits per heavy atom. The minimum absolute atomic E-state index is 0.121. The number of hydrogen-bond acceptors (Lipinski definition) is 2. The molecule has 0 aromatic heterocycles. The summed E-state index contributed by atoms with van der Waals surface area (Å²) in [5.74, 6) is 0.121. The van der Waals surface area contributed by atoms with Gasteiger partial charge in [0.05, 0.1) is 5.70 Å². The Morgan fingerprint density at radius 2 is 1.85 bits per heavy atom. The molecule has 20 heavy (non-hydrogen) atoms. The first-order valence-electron chi connectivity index (χ1n) is 7.22. The highest BCUT2D eigenvalue weighted by molar-refractivity contribution is 6.26. The monoisotopic (exact) mass is 265 g/mol. The van der Waals surface area contributed by atoms with E-state index in [2.05, 4.69) is 43.4 Å². The Kier molecular flexibility index (Phi) is 3.09. The lowest BCUT2D eigenvalue weighted by molar-refractivity contribution is -0.112. The second-order valence-electron chi connectivity index (χ2n) is 5.22. The average molecular weight is 265 g/mol. The molecule has 0 saturated heterocycles. The summed E-state index contributed by atoms with van der Waals surface area (Å²) >= 11 is 0. The van der Waals surface area contributed by atoms with E-state index in [9.17, 15) is 4.79 Å². The van der Waals surface area contributed by atoms with Gasteiger partial charge in [-0.15, -0.1) is 0 Å². The molecule has 0 fully saturated rings. The van der Waals surface area contributed by atoms with Crippen LogP contribution in [-0.2, 0) is 11.2 Å². The SMILES string of the molecule is CCC1=C(NC)C(=O)C2=Cc3ccc(CC)cc3C2=C1. The number of benzene rings is 1. The van der Waals surface area contributed by atoms with Crippen molar-refractivity contribution in [2.45, 2.75) is 26.7 Å². The number of allylic oxidation sites excluding steroid dienone is 4. The summed E-state index contributed by atoms with van der Waals surface area (Å²) in [6.07, 6.45) is 6.07. The zero-order valence-electron chi connectivity index (χ0n) is 12.2. The fourth-order valence-electron chi connectivity index (χ4n) is 2.98. The van der Waals surface area contributed by atoms with E-state index in [4.69, 9.17) is 0 Å². The van der Waals surface area contributed by atoms with Gasteiger partial charge in [0.25, 0.3) is 0 Å². The molecule has 0 spiro atoms. The lowest BCUT2D eigenvalue weighted by Gasteiger charge is -2.19. The first-order valence-corrected chi connectivity index (χ1v) is 7.22. The number of nitrogens with one attached hydrogen (secondary N) is 1. The molecule has 102 valence electrons. The smallest absolute Gasteiger partial charge is 0.209 e. The van der Waals surface area contributed by atoms with Gasteiger partial charge >= 0.3 is 0 Å². The number of hydrogen-bond donors (Lipinski definition) is 1. The van der Waals surface area contributed by atoms with Crippen LogP contribution in [0.25, 0.3) is 11.6 Å². The molecule has 1 N–H and O–H groups in total. The first kappa shape index (κ1) is 12.9. The number of rotatable bonds is 3. The maximum Gasteiger partial charge on any atom is 0.209 e. The molecule has 0 bridgehead atoms. The van der Waals surface area contributed by atoms with Crippen molar-refractivity contribution in [3.8, 4) is 0 Å². The van der Waals surface area contributed by atoms with Gasteiger partial charge < -0.3 is 5.32 Å². The number of carbonyl (C=O) groups excluding carboxylic acids is 1. The molecule has 2 aliphatic rings. The number of fused-ring (bicyclic) bond motifs is 3. The van der Waals surface area contributed by atoms with Gasteiger partial charge in [0, 0.05) is 12.6 Å². The molecule has 0 heterocycles. The minimum Gasteiger partial charge on any atom is -0.385 e. The lowest BCUT2D eigenvalue weighted by atomic mass is 9.88. The summed E-state index contributed by atoms with van der Waals surface area (Å²) in [6, 6.07) is 6.49. The first-order chi connectivity index (χ1) is 9.69. The molecule has 1 aromatic carbocycles. The van der Waals surface area contributed by atoms with Crippen LogP contribution in [0.5, 0.6) is 0 Å². The van der Waals surface area contributed by atoms with Crippen LogP contribution in [0.3, 0.4) is 0 Å². The van der Waals surface area contributed by atoms with Crippen LogP contribution in [-0.4, -0.2) is 12.8 Å². The van der Waals surface area contributed by atoms with Gasteiger partial charge in [-0.1, -0.05) is 32.0 Å². The number of aryl methyl sites for hydroxylation is 1. The molecular formula is C18H19NO. The molecule has 2 nitrogen and oxygen atoms in total. The third kappa shape index (κ3) is 1.75. The molecule has 0 amide bonds. The predicted octanol–water partition coefficient (Wildman–Crippen LogP) is 3.50. The summed E-state index contributed by atoms with van der Waals surface area (Å²) in [4.78, 5) is 12.6. The standard InChI is InChI=1S/C18H19NO/c1-4-11-6-7-13-10-16-15(14(13)8-11)9-12(5-2)17(19-3)18(16)20/h6-10,19H,4-5H2,1-3H3. The Bertz CT molecular complexity index is 689. The fraction of sp³-hybridized carbons (Fsp3) is 0.278. The van der Waals surface area contributed by atoms with Gasteiger partial charge in [-0.05, 0) is 52.8 Å². The second kappa shape index (κ2) is 4.78. The average Bonchev–Trinajstić information content (AvgIpc) is 2.85. The Labute approximate surface area is 119 Å². The van der Waals surface area contributed by atoms with Crippen molar-refractivity contribution in [2.75, 3.05) is 7.05 Å². The van der Waals surface area contributed by atoms with E-state index in [1.165, 1.54) is 11.1 Å². The van der Waals surface area contributed by atoms with E-state index in [-0.39, 0.29) is 5.78 Å². The lowest BCUT2D eigenvalue weighted by Crippen LogP contribution is -2.22. The van der Waals surface area contributed by atoms with Crippen molar-refractivity contribution in [2.24, 2.45) is 0 Å². The van der Waals surface area contributed by atoms with E-state index in [1.54, 1.807) is 0 Å². The van der Waals surface area contributed by atoms with Crippen molar-refractivity contribution in [3.05, 3.63) is 57.8 Å². The summed E-state index contributed by atoms with van der Waals surface area (Å²) in [6.45, 7) is 4.24. The molecule has 0 aliphatic heterocycles. The number of Topliss-reactive ketones (excluding diaryl/α,β-unsaturated/α-hetero) is 1. The molecule has 0 radical (unpaired) electrons. The van der Waals surface area contributed by atoms with Crippen molar-refractivity contribution < 1.29 is 4.79 Å². The maximum atomic E-state index is 12.6. The Morgan fingerprint density at radius 1 is 1.05 bits per heavy atom. The summed E-state index contributed by atoms with van der Waals surface area (Å²) in [5.41, 5.74) is 7.43. The van der Waals surface area contributed by atoms with Crippen LogP contribution in [0.4, 0.5) is 0 Å². The highest BCUT2D eigenvalue weighted by Gasteiger charge is 2.30. The van der Waals surface area contributed by atoms with E-state index < -0.39 is 0 Å². The van der Waals surface area contributed by atoms with Crippen molar-refractivity contribution in [1.82, 2.24) is 5.32 Å². The molecule has 2 heteroatoms. The van der Waals surface area contributed by atoms with Gasteiger partial charge in [-0.3, -0.25) is 4.79 Å². The predicted molar refractivity (Wildman–Crippen MR) is 83.2 cm³/mol. The molecule has 0 saturated carbocycles. The Balaban J connectivity index is 2.18. The summed E-state index contributed by atoms with van der Waals surface area (Å²) in [7, 11) is 1.82. The quantitative estimate of drug-likeness (QED) is 0.906. The van der Waals surface area contributed by atoms with Crippen LogP contribution in [0.2, 0.25) is 0 Å². The molecule has 2 aliphatic carbocycles. The third-order valence-corrected chi connectivity index (χ3v) is 4.15. The van der Waals surface area contributed by atoms with Gasteiger partial charge in [0.2, 0.25) is 5.78 Å². The van der Waals surface area contributed by atoms with Gasteiger partial charge in [-0.25, -0.2) is 0 Å². The van der Waals surface area contributed by atoms with Crippen molar-refractivity contribution in [1.29, 1.82) is 0 Å². The van der Waals surface area contributed by atoms with Crippen LogP contribution in [0, 0.1) is 0 Å². The number of likely N-dealkylation sites (N-methyl/N-ethyl adjacent to an activating group) is 1. The normalized spacial score (nSPS) is 16.6. The summed E-state index contributed by atoms with van der Waals surface area (Å²) < 4.78 is 0. The van der Waals surface area contributed by atoms with E-state index in [1.807, 2.05) is 13.1 Å². The third-order valence-electron chi connectivity index (χ3n) is 4.15. The zero-order chi connectivity index (χ0) is 14.3. The maximum absolute atomic E-state index is 12.6. The fourth-order valence-corrected chi connectivity index (χ4v) is 2.98. The molecule has 1 aromatic rings. The zero-order valence-corrected chi connectivity index (χ0v) is 12.2. The largest absolute Gasteiger partial charge is 0.385 e. The van der Waals surface area contributed by atoms with E-state index >= 15 is 0 Å². The topological polar surface area (TPSA) is 29.1 Å². The summed E-state index contributed by atoms with van der Waals surface area (Å²) in [5, 5.41) is 3.06. The number of ketones is 1. The second-order valence-corrected chi connectivity index (χ2v) is 5.22. The van der Waals surface area contributed by atoms with Crippen LogP contribution >= 0.6 is 0 Å². The van der Waals surface area contributed by atoms with Crippen LogP contribution in [0.15, 0.2) is 41.1 Å². The van der Waals surface area contributed by atoms with Gasteiger partial charge in [-0.2, -0.15) is 0 Å². The molecule has 0 unspecified atom stereocenters. The minimum atomic E-state index is 0.121. The molecular weight excluding hydrogens is 246 g/mol. The van der Waals surface area contributed by atoms with E-state index in [0.717, 1.165) is 40.8 Å². The number of carbonyl (C=O) groups is 1. The molecule has 0 atom stereocenters. The van der Waals surface area contributed by atoms with Gasteiger partial charge in [0.1, 0.15) is 0 Å². The Hall–Kier alpha value is -2.09. The highest BCUT2D eigenvalue weighted by atomic mass is 16.1. The van der Waals surface area contributed by atoms with Crippen molar-refractivity contribution >= 4 is 17.4 Å². The molecule has 3 rings (SSSR count). The van der Waals surface area contributed by atoms with Gasteiger partial charge in [0.15, 0.2) is 0 Å². The van der Waals surface area contributed by atoms with Crippen LogP contribution < -0.4 is 5.32 Å². The van der Waals surface area contributed by atoms with Crippen LogP contribution in [0.1, 0.15) is 37.0 Å².